The molecule has 0 aromatic rings. The minimum atomic E-state index is -0.626. The Bertz CT molecular complexity index is 450. The van der Waals surface area contributed by atoms with Gasteiger partial charge < -0.3 is 11.1 Å². The fourth-order valence-electron chi connectivity index (χ4n) is 3.40. The highest BCUT2D eigenvalue weighted by Crippen LogP contribution is 2.27. The van der Waals surface area contributed by atoms with Crippen LogP contribution in [-0.4, -0.2) is 39.9 Å². The number of rotatable bonds is 4. The third kappa shape index (κ3) is 3.90. The van der Waals surface area contributed by atoms with E-state index in [-0.39, 0.29) is 34.1 Å². The summed E-state index contributed by atoms with van der Waals surface area (Å²) in [4.78, 5) is 33.1. The van der Waals surface area contributed by atoms with E-state index in [1.807, 2.05) is 0 Å². The topological polar surface area (TPSA) is 141 Å². The number of carbonyl (C=O) groups is 1. The first-order chi connectivity index (χ1) is 10.4. The van der Waals surface area contributed by atoms with Gasteiger partial charge in [-0.15, -0.1) is 0 Å². The molecule has 3 unspecified atom stereocenters. The van der Waals surface area contributed by atoms with Crippen molar-refractivity contribution in [2.75, 3.05) is 0 Å². The molecule has 0 saturated heterocycles. The summed E-state index contributed by atoms with van der Waals surface area (Å²) in [5.41, 5.74) is 5.94. The zero-order valence-electron chi connectivity index (χ0n) is 12.3. The van der Waals surface area contributed by atoms with Crippen LogP contribution in [0.3, 0.4) is 0 Å². The zero-order chi connectivity index (χ0) is 16.3. The summed E-state index contributed by atoms with van der Waals surface area (Å²) in [7, 11) is 0. The van der Waals surface area contributed by atoms with Crippen LogP contribution >= 0.6 is 0 Å². The molecule has 0 aromatic carbocycles. The number of nitrogens with one attached hydrogen (secondary N) is 1. The van der Waals surface area contributed by atoms with Crippen molar-refractivity contribution in [3.63, 3.8) is 0 Å². The maximum Gasteiger partial charge on any atom is 0.223 e. The van der Waals surface area contributed by atoms with Gasteiger partial charge in [-0.3, -0.25) is 25.0 Å². The molecule has 0 aliphatic heterocycles. The van der Waals surface area contributed by atoms with Crippen LogP contribution in [0.1, 0.15) is 44.9 Å². The van der Waals surface area contributed by atoms with E-state index in [0.29, 0.717) is 38.5 Å². The Balaban J connectivity index is 1.80. The smallest absolute Gasteiger partial charge is 0.223 e. The molecule has 0 aromatic heterocycles. The van der Waals surface area contributed by atoms with Gasteiger partial charge in [0.25, 0.3) is 0 Å². The molecule has 0 heterocycles. The maximum absolute atomic E-state index is 12.2. The summed E-state index contributed by atoms with van der Waals surface area (Å²) in [5, 5.41) is 24.4. The molecule has 3 atom stereocenters. The molecule has 2 aliphatic carbocycles. The predicted octanol–water partition coefficient (Wildman–Crippen LogP) is 0.463. The van der Waals surface area contributed by atoms with Crippen molar-refractivity contribution >= 4 is 5.91 Å². The molecule has 9 nitrogen and oxygen atoms in total. The highest BCUT2D eigenvalue weighted by atomic mass is 16.6. The normalized spacial score (nSPS) is 35.6. The van der Waals surface area contributed by atoms with Crippen LogP contribution in [-0.2, 0) is 4.79 Å². The van der Waals surface area contributed by atoms with E-state index in [1.165, 1.54) is 0 Å². The fraction of sp³-hybridized carbons (Fsp3) is 0.923. The van der Waals surface area contributed by atoms with E-state index in [4.69, 9.17) is 5.73 Å². The van der Waals surface area contributed by atoms with Crippen LogP contribution < -0.4 is 11.1 Å². The van der Waals surface area contributed by atoms with Crippen molar-refractivity contribution in [1.82, 2.24) is 5.32 Å². The Labute approximate surface area is 127 Å². The molecule has 0 radical (unpaired) electrons. The SMILES string of the molecule is NC1CC([N+](=O)[O-])CCC1NC(=O)C1CCC([N+](=O)[O-])CC1. The molecule has 2 rings (SSSR count). The average Bonchev–Trinajstić information content (AvgIpc) is 2.49. The summed E-state index contributed by atoms with van der Waals surface area (Å²) < 4.78 is 0. The third-order valence-electron chi connectivity index (χ3n) is 4.86. The number of nitrogens with two attached hydrogens (primary N) is 1. The van der Waals surface area contributed by atoms with Gasteiger partial charge in [-0.1, -0.05) is 0 Å². The molecule has 2 saturated carbocycles. The Kier molecular flexibility index (Phi) is 5.28. The van der Waals surface area contributed by atoms with Crippen molar-refractivity contribution in [3.05, 3.63) is 20.2 Å². The Morgan fingerprint density at radius 2 is 1.50 bits per heavy atom. The van der Waals surface area contributed by atoms with Gasteiger partial charge in [0.1, 0.15) is 0 Å². The van der Waals surface area contributed by atoms with E-state index in [0.717, 1.165) is 0 Å². The van der Waals surface area contributed by atoms with Crippen LogP contribution in [0.25, 0.3) is 0 Å². The highest BCUT2D eigenvalue weighted by Gasteiger charge is 2.37. The number of nitrogens with zero attached hydrogens (tertiary/aromatic N) is 2. The van der Waals surface area contributed by atoms with E-state index in [9.17, 15) is 25.0 Å². The van der Waals surface area contributed by atoms with E-state index in [2.05, 4.69) is 5.32 Å². The van der Waals surface area contributed by atoms with E-state index in [1.54, 1.807) is 0 Å². The molecular weight excluding hydrogens is 292 g/mol. The van der Waals surface area contributed by atoms with Gasteiger partial charge >= 0.3 is 0 Å². The highest BCUT2D eigenvalue weighted by molar-refractivity contribution is 5.79. The van der Waals surface area contributed by atoms with Crippen LogP contribution in [0.4, 0.5) is 0 Å². The van der Waals surface area contributed by atoms with Gasteiger partial charge in [0.15, 0.2) is 0 Å². The van der Waals surface area contributed by atoms with Crippen LogP contribution in [0, 0.1) is 26.1 Å². The summed E-state index contributed by atoms with van der Waals surface area (Å²) in [6, 6.07) is -1.82. The Morgan fingerprint density at radius 1 is 0.955 bits per heavy atom. The van der Waals surface area contributed by atoms with E-state index >= 15 is 0 Å². The molecule has 22 heavy (non-hydrogen) atoms. The largest absolute Gasteiger partial charge is 0.352 e. The summed E-state index contributed by atoms with van der Waals surface area (Å²) >= 11 is 0. The van der Waals surface area contributed by atoms with Crippen molar-refractivity contribution in [2.24, 2.45) is 11.7 Å². The van der Waals surface area contributed by atoms with Crippen molar-refractivity contribution in [1.29, 1.82) is 0 Å². The molecule has 124 valence electrons. The number of carbonyl (C=O) groups excluding carboxylic acids is 1. The number of amides is 1. The summed E-state index contributed by atoms with van der Waals surface area (Å²) in [5.74, 6) is -0.335. The molecular formula is C13H22N4O5. The van der Waals surface area contributed by atoms with Crippen molar-refractivity contribution < 1.29 is 14.6 Å². The van der Waals surface area contributed by atoms with Crippen LogP contribution in [0.15, 0.2) is 0 Å². The summed E-state index contributed by atoms with van der Waals surface area (Å²) in [6.07, 6.45) is 3.05. The lowest BCUT2D eigenvalue weighted by Gasteiger charge is -2.32. The Morgan fingerprint density at radius 3 is 2.00 bits per heavy atom. The molecule has 9 heteroatoms. The quantitative estimate of drug-likeness (QED) is 0.570. The molecule has 0 bridgehead atoms. The molecule has 2 fully saturated rings. The first-order valence-corrected chi connectivity index (χ1v) is 7.71. The average molecular weight is 314 g/mol. The first kappa shape index (κ1) is 16.6. The maximum atomic E-state index is 12.2. The molecule has 0 spiro atoms. The van der Waals surface area contributed by atoms with Gasteiger partial charge in [0.2, 0.25) is 18.0 Å². The number of hydrogen-bond donors (Lipinski definition) is 2. The van der Waals surface area contributed by atoms with Gasteiger partial charge in [-0.05, 0) is 19.3 Å². The molecule has 1 amide bonds. The second-order valence-corrected chi connectivity index (χ2v) is 6.32. The fourth-order valence-corrected chi connectivity index (χ4v) is 3.40. The third-order valence-corrected chi connectivity index (χ3v) is 4.86. The van der Waals surface area contributed by atoms with Gasteiger partial charge in [0.05, 0.1) is 0 Å². The minimum Gasteiger partial charge on any atom is -0.352 e. The minimum absolute atomic E-state index is 0.123. The molecule has 3 N–H and O–H groups in total. The predicted molar refractivity (Wildman–Crippen MR) is 77.3 cm³/mol. The summed E-state index contributed by atoms with van der Waals surface area (Å²) in [6.45, 7) is 0. The Hall–Kier alpha value is -1.77. The molecule has 2 aliphatic rings. The lowest BCUT2D eigenvalue weighted by molar-refractivity contribution is -0.527. The number of hydrogen-bond acceptors (Lipinski definition) is 6. The second-order valence-electron chi connectivity index (χ2n) is 6.32. The van der Waals surface area contributed by atoms with E-state index < -0.39 is 18.1 Å². The van der Waals surface area contributed by atoms with Gasteiger partial charge in [-0.25, -0.2) is 0 Å². The van der Waals surface area contributed by atoms with Crippen LogP contribution in [0.2, 0.25) is 0 Å². The van der Waals surface area contributed by atoms with Crippen molar-refractivity contribution in [2.45, 2.75) is 69.1 Å². The number of nitro groups is 2. The van der Waals surface area contributed by atoms with Gasteiger partial charge in [-0.2, -0.15) is 0 Å². The lowest BCUT2D eigenvalue weighted by Crippen LogP contribution is -2.54. The first-order valence-electron chi connectivity index (χ1n) is 7.71. The second kappa shape index (κ2) is 6.99. The zero-order valence-corrected chi connectivity index (χ0v) is 12.3. The van der Waals surface area contributed by atoms with Crippen molar-refractivity contribution in [3.8, 4) is 0 Å². The lowest BCUT2D eigenvalue weighted by atomic mass is 9.84. The monoisotopic (exact) mass is 314 g/mol. The standard InChI is InChI=1S/C13H22N4O5/c14-11-7-10(17(21)22)5-6-12(11)15-13(18)8-1-3-9(4-2-8)16(19)20/h8-12H,1-7,14H2,(H,15,18). The van der Waals surface area contributed by atoms with Crippen LogP contribution in [0.5, 0.6) is 0 Å². The van der Waals surface area contributed by atoms with Gasteiger partial charge in [0, 0.05) is 53.5 Å².